The highest BCUT2D eigenvalue weighted by molar-refractivity contribution is 5.58. The van der Waals surface area contributed by atoms with Crippen LogP contribution in [0.3, 0.4) is 0 Å². The summed E-state index contributed by atoms with van der Waals surface area (Å²) < 4.78 is 1.77. The SMILES string of the molecule is CCCc1nc2nc(C)cc(Nc3ccccc3)n2n1. The van der Waals surface area contributed by atoms with Crippen molar-refractivity contribution < 1.29 is 0 Å². The van der Waals surface area contributed by atoms with Crippen LogP contribution in [0.15, 0.2) is 36.4 Å². The zero-order valence-corrected chi connectivity index (χ0v) is 11.7. The van der Waals surface area contributed by atoms with Crippen LogP contribution in [-0.2, 0) is 6.42 Å². The molecule has 2 aromatic heterocycles. The van der Waals surface area contributed by atoms with Crippen molar-refractivity contribution in [2.45, 2.75) is 26.7 Å². The summed E-state index contributed by atoms with van der Waals surface area (Å²) in [7, 11) is 0. The van der Waals surface area contributed by atoms with Crippen molar-refractivity contribution >= 4 is 17.3 Å². The first kappa shape index (κ1) is 12.6. The van der Waals surface area contributed by atoms with Crippen molar-refractivity contribution in [3.63, 3.8) is 0 Å². The summed E-state index contributed by atoms with van der Waals surface area (Å²) in [4.78, 5) is 8.90. The molecule has 3 rings (SSSR count). The summed E-state index contributed by atoms with van der Waals surface area (Å²) in [6.45, 7) is 4.08. The fourth-order valence-corrected chi connectivity index (χ4v) is 2.12. The zero-order valence-electron chi connectivity index (χ0n) is 11.7. The molecular weight excluding hydrogens is 250 g/mol. The van der Waals surface area contributed by atoms with Gasteiger partial charge in [-0.15, -0.1) is 5.10 Å². The Morgan fingerprint density at radius 1 is 1.15 bits per heavy atom. The van der Waals surface area contributed by atoms with Gasteiger partial charge < -0.3 is 5.32 Å². The first-order valence-corrected chi connectivity index (χ1v) is 6.81. The van der Waals surface area contributed by atoms with E-state index < -0.39 is 0 Å². The maximum Gasteiger partial charge on any atom is 0.254 e. The standard InChI is InChI=1S/C15H17N5/c1-3-7-13-18-15-16-11(2)10-14(20(15)19-13)17-12-8-5-4-6-9-12/h4-6,8-10,17H,3,7H2,1-2H3. The molecule has 2 heterocycles. The van der Waals surface area contributed by atoms with E-state index in [4.69, 9.17) is 0 Å². The lowest BCUT2D eigenvalue weighted by Crippen LogP contribution is -2.02. The molecule has 0 amide bonds. The van der Waals surface area contributed by atoms with Crippen molar-refractivity contribution in [3.05, 3.63) is 47.9 Å². The van der Waals surface area contributed by atoms with Crippen molar-refractivity contribution in [1.29, 1.82) is 0 Å². The molecule has 0 aliphatic rings. The summed E-state index contributed by atoms with van der Waals surface area (Å²) in [5, 5.41) is 7.88. The number of hydrogen-bond acceptors (Lipinski definition) is 4. The number of nitrogens with one attached hydrogen (secondary N) is 1. The molecule has 0 atom stereocenters. The first-order valence-electron chi connectivity index (χ1n) is 6.81. The molecular formula is C15H17N5. The van der Waals surface area contributed by atoms with Gasteiger partial charge in [-0.2, -0.15) is 9.50 Å². The topological polar surface area (TPSA) is 55.1 Å². The summed E-state index contributed by atoms with van der Waals surface area (Å²) in [5.41, 5.74) is 1.94. The molecule has 3 aromatic rings. The minimum atomic E-state index is 0.645. The fraction of sp³-hybridized carbons (Fsp3) is 0.267. The van der Waals surface area contributed by atoms with Crippen LogP contribution in [0.25, 0.3) is 5.78 Å². The predicted molar refractivity (Wildman–Crippen MR) is 79.2 cm³/mol. The number of fused-ring (bicyclic) bond motifs is 1. The third-order valence-corrected chi connectivity index (χ3v) is 3.00. The molecule has 1 N–H and O–H groups in total. The summed E-state index contributed by atoms with van der Waals surface area (Å²) in [6.07, 6.45) is 1.89. The number of benzene rings is 1. The number of hydrogen-bond donors (Lipinski definition) is 1. The van der Waals surface area contributed by atoms with Gasteiger partial charge in [-0.1, -0.05) is 25.1 Å². The van der Waals surface area contributed by atoms with Gasteiger partial charge in [0.2, 0.25) is 0 Å². The van der Waals surface area contributed by atoms with E-state index >= 15 is 0 Å². The Kier molecular flexibility index (Phi) is 3.33. The van der Waals surface area contributed by atoms with E-state index in [1.54, 1.807) is 4.52 Å². The molecule has 0 aliphatic heterocycles. The highest BCUT2D eigenvalue weighted by atomic mass is 15.4. The third-order valence-electron chi connectivity index (χ3n) is 3.00. The van der Waals surface area contributed by atoms with Crippen LogP contribution < -0.4 is 5.32 Å². The van der Waals surface area contributed by atoms with Crippen LogP contribution in [-0.4, -0.2) is 19.6 Å². The molecule has 102 valence electrons. The van der Waals surface area contributed by atoms with E-state index in [1.807, 2.05) is 43.3 Å². The molecule has 20 heavy (non-hydrogen) atoms. The number of para-hydroxylation sites is 1. The predicted octanol–water partition coefficient (Wildman–Crippen LogP) is 3.13. The van der Waals surface area contributed by atoms with E-state index in [2.05, 4.69) is 27.3 Å². The van der Waals surface area contributed by atoms with Gasteiger partial charge in [-0.05, 0) is 25.5 Å². The Balaban J connectivity index is 2.04. The lowest BCUT2D eigenvalue weighted by molar-refractivity contribution is 0.819. The van der Waals surface area contributed by atoms with Crippen LogP contribution in [0.2, 0.25) is 0 Å². The van der Waals surface area contributed by atoms with Gasteiger partial charge in [0.05, 0.1) is 0 Å². The van der Waals surface area contributed by atoms with Crippen molar-refractivity contribution in [3.8, 4) is 0 Å². The average molecular weight is 267 g/mol. The van der Waals surface area contributed by atoms with Crippen molar-refractivity contribution in [1.82, 2.24) is 19.6 Å². The van der Waals surface area contributed by atoms with E-state index in [0.29, 0.717) is 5.78 Å². The van der Waals surface area contributed by atoms with Crippen LogP contribution in [0, 0.1) is 6.92 Å². The van der Waals surface area contributed by atoms with Gasteiger partial charge >= 0.3 is 0 Å². The molecule has 5 nitrogen and oxygen atoms in total. The number of aryl methyl sites for hydroxylation is 2. The number of anilines is 2. The maximum absolute atomic E-state index is 4.52. The van der Waals surface area contributed by atoms with Crippen molar-refractivity contribution in [2.75, 3.05) is 5.32 Å². The molecule has 0 radical (unpaired) electrons. The monoisotopic (exact) mass is 267 g/mol. The number of aromatic nitrogens is 4. The molecule has 0 unspecified atom stereocenters. The molecule has 0 bridgehead atoms. The van der Waals surface area contributed by atoms with E-state index in [-0.39, 0.29) is 0 Å². The quantitative estimate of drug-likeness (QED) is 0.789. The summed E-state index contributed by atoms with van der Waals surface area (Å²) in [6, 6.07) is 12.0. The van der Waals surface area contributed by atoms with Gasteiger partial charge in [-0.3, -0.25) is 0 Å². The third kappa shape index (κ3) is 2.47. The average Bonchev–Trinajstić information content (AvgIpc) is 2.83. The molecule has 5 heteroatoms. The Morgan fingerprint density at radius 3 is 2.70 bits per heavy atom. The Morgan fingerprint density at radius 2 is 1.95 bits per heavy atom. The zero-order chi connectivity index (χ0) is 13.9. The number of nitrogens with zero attached hydrogens (tertiary/aromatic N) is 4. The second-order valence-corrected chi connectivity index (χ2v) is 4.76. The van der Waals surface area contributed by atoms with E-state index in [1.165, 1.54) is 0 Å². The van der Waals surface area contributed by atoms with Gasteiger partial charge in [0.15, 0.2) is 5.82 Å². The lowest BCUT2D eigenvalue weighted by Gasteiger charge is -2.08. The summed E-state index contributed by atoms with van der Waals surface area (Å²) in [5.74, 6) is 2.36. The lowest BCUT2D eigenvalue weighted by atomic mass is 10.3. The summed E-state index contributed by atoms with van der Waals surface area (Å²) >= 11 is 0. The van der Waals surface area contributed by atoms with E-state index in [9.17, 15) is 0 Å². The van der Waals surface area contributed by atoms with Crippen LogP contribution in [0.4, 0.5) is 11.5 Å². The normalized spacial score (nSPS) is 10.9. The second-order valence-electron chi connectivity index (χ2n) is 4.76. The minimum absolute atomic E-state index is 0.645. The molecule has 0 saturated heterocycles. The molecule has 0 aliphatic carbocycles. The van der Waals surface area contributed by atoms with Crippen LogP contribution >= 0.6 is 0 Å². The first-order chi connectivity index (χ1) is 9.76. The van der Waals surface area contributed by atoms with Crippen LogP contribution in [0.5, 0.6) is 0 Å². The van der Waals surface area contributed by atoms with E-state index in [0.717, 1.165) is 35.9 Å². The molecule has 1 aromatic carbocycles. The van der Waals surface area contributed by atoms with Crippen molar-refractivity contribution in [2.24, 2.45) is 0 Å². The fourth-order valence-electron chi connectivity index (χ4n) is 2.12. The van der Waals surface area contributed by atoms with Gasteiger partial charge in [0.25, 0.3) is 5.78 Å². The largest absolute Gasteiger partial charge is 0.340 e. The number of rotatable bonds is 4. The van der Waals surface area contributed by atoms with Gasteiger partial charge in [0, 0.05) is 23.9 Å². The van der Waals surface area contributed by atoms with Crippen LogP contribution in [0.1, 0.15) is 24.9 Å². The highest BCUT2D eigenvalue weighted by Crippen LogP contribution is 2.17. The molecule has 0 saturated carbocycles. The Labute approximate surface area is 117 Å². The highest BCUT2D eigenvalue weighted by Gasteiger charge is 2.09. The molecule has 0 fully saturated rings. The minimum Gasteiger partial charge on any atom is -0.340 e. The van der Waals surface area contributed by atoms with Gasteiger partial charge in [-0.25, -0.2) is 4.98 Å². The second kappa shape index (κ2) is 5.28. The Bertz CT molecular complexity index is 718. The van der Waals surface area contributed by atoms with Gasteiger partial charge in [0.1, 0.15) is 5.82 Å². The molecule has 0 spiro atoms. The smallest absolute Gasteiger partial charge is 0.254 e. The maximum atomic E-state index is 4.52. The Hall–Kier alpha value is -2.43.